The van der Waals surface area contributed by atoms with Gasteiger partial charge in [0.1, 0.15) is 4.90 Å². The molecule has 90 valence electrons. The van der Waals surface area contributed by atoms with Crippen molar-refractivity contribution in [2.75, 3.05) is 18.4 Å². The first-order valence-electron chi connectivity index (χ1n) is 5.19. The summed E-state index contributed by atoms with van der Waals surface area (Å²) in [5.41, 5.74) is 0. The van der Waals surface area contributed by atoms with Gasteiger partial charge >= 0.3 is 0 Å². The SMILES string of the molecule is O=S(=O)(c1cn[nH]c1)N1CCCC(CBr)C1. The fourth-order valence-electron chi connectivity index (χ4n) is 1.90. The van der Waals surface area contributed by atoms with E-state index in [2.05, 4.69) is 26.1 Å². The highest BCUT2D eigenvalue weighted by molar-refractivity contribution is 9.09. The number of sulfonamides is 1. The van der Waals surface area contributed by atoms with Crippen LogP contribution in [-0.2, 0) is 10.0 Å². The number of H-pyrrole nitrogens is 1. The third-order valence-corrected chi connectivity index (χ3v) is 5.56. The molecule has 0 saturated carbocycles. The van der Waals surface area contributed by atoms with Gasteiger partial charge in [-0.1, -0.05) is 15.9 Å². The molecule has 16 heavy (non-hydrogen) atoms. The number of hydrogen-bond acceptors (Lipinski definition) is 3. The Hall–Kier alpha value is -0.400. The maximum atomic E-state index is 12.2. The third-order valence-electron chi connectivity index (χ3n) is 2.81. The summed E-state index contributed by atoms with van der Waals surface area (Å²) in [6.45, 7) is 1.20. The van der Waals surface area contributed by atoms with Crippen molar-refractivity contribution in [1.82, 2.24) is 14.5 Å². The van der Waals surface area contributed by atoms with Gasteiger partial charge in [-0.25, -0.2) is 8.42 Å². The van der Waals surface area contributed by atoms with Crippen LogP contribution in [0.3, 0.4) is 0 Å². The number of rotatable bonds is 3. The van der Waals surface area contributed by atoms with Gasteiger partial charge in [-0.15, -0.1) is 0 Å². The Bertz CT molecular complexity index is 432. The lowest BCUT2D eigenvalue weighted by Crippen LogP contribution is -2.40. The van der Waals surface area contributed by atoms with Gasteiger partial charge in [-0.2, -0.15) is 9.40 Å². The van der Waals surface area contributed by atoms with Gasteiger partial charge in [-0.05, 0) is 18.8 Å². The molecule has 7 heteroatoms. The Labute approximate surface area is 103 Å². The van der Waals surface area contributed by atoms with Gasteiger partial charge in [0.2, 0.25) is 10.0 Å². The van der Waals surface area contributed by atoms with Crippen molar-refractivity contribution in [2.45, 2.75) is 17.7 Å². The first-order valence-corrected chi connectivity index (χ1v) is 7.75. The summed E-state index contributed by atoms with van der Waals surface area (Å²) in [6, 6.07) is 0. The Morgan fingerprint density at radius 1 is 1.62 bits per heavy atom. The number of hydrogen-bond donors (Lipinski definition) is 1. The summed E-state index contributed by atoms with van der Waals surface area (Å²) < 4.78 is 25.9. The summed E-state index contributed by atoms with van der Waals surface area (Å²) in [6.07, 6.45) is 4.79. The average molecular weight is 308 g/mol. The Balaban J connectivity index is 2.18. The normalized spacial score (nSPS) is 23.4. The second-order valence-corrected chi connectivity index (χ2v) is 6.55. The van der Waals surface area contributed by atoms with Crippen LogP contribution in [0.15, 0.2) is 17.3 Å². The standard InChI is InChI=1S/C9H14BrN3O2S/c10-4-8-2-1-3-13(7-8)16(14,15)9-5-11-12-6-9/h5-6,8H,1-4,7H2,(H,11,12). The zero-order valence-corrected chi connectivity index (χ0v) is 11.2. The van der Waals surface area contributed by atoms with Crippen LogP contribution in [0.1, 0.15) is 12.8 Å². The average Bonchev–Trinajstić information content (AvgIpc) is 2.83. The largest absolute Gasteiger partial charge is 0.284 e. The van der Waals surface area contributed by atoms with Crippen LogP contribution < -0.4 is 0 Å². The van der Waals surface area contributed by atoms with Crippen LogP contribution >= 0.6 is 15.9 Å². The van der Waals surface area contributed by atoms with E-state index >= 15 is 0 Å². The van der Waals surface area contributed by atoms with E-state index in [0.29, 0.717) is 19.0 Å². The Morgan fingerprint density at radius 2 is 2.44 bits per heavy atom. The number of aromatic nitrogens is 2. The van der Waals surface area contributed by atoms with E-state index in [-0.39, 0.29) is 4.90 Å². The first-order chi connectivity index (χ1) is 7.64. The summed E-state index contributed by atoms with van der Waals surface area (Å²) in [5, 5.41) is 7.07. The van der Waals surface area contributed by atoms with Gasteiger partial charge in [0.15, 0.2) is 0 Å². The minimum absolute atomic E-state index is 0.253. The van der Waals surface area contributed by atoms with Gasteiger partial charge in [-0.3, -0.25) is 5.10 Å². The van der Waals surface area contributed by atoms with Crippen molar-refractivity contribution in [3.05, 3.63) is 12.4 Å². The molecule has 1 unspecified atom stereocenters. The fraction of sp³-hybridized carbons (Fsp3) is 0.667. The van der Waals surface area contributed by atoms with Crippen LogP contribution in [0.25, 0.3) is 0 Å². The Kier molecular flexibility index (Phi) is 3.66. The molecule has 0 amide bonds. The summed E-state index contributed by atoms with van der Waals surface area (Å²) in [7, 11) is -3.34. The molecule has 5 nitrogen and oxygen atoms in total. The number of piperidine rings is 1. The van der Waals surface area contributed by atoms with E-state index in [0.717, 1.165) is 18.2 Å². The zero-order chi connectivity index (χ0) is 11.6. The number of nitrogens with zero attached hydrogens (tertiary/aromatic N) is 2. The van der Waals surface area contributed by atoms with Crippen molar-refractivity contribution in [1.29, 1.82) is 0 Å². The Morgan fingerprint density at radius 3 is 3.06 bits per heavy atom. The molecule has 1 saturated heterocycles. The molecular weight excluding hydrogens is 294 g/mol. The molecule has 0 bridgehead atoms. The van der Waals surface area contributed by atoms with E-state index < -0.39 is 10.0 Å². The molecule has 1 aliphatic rings. The monoisotopic (exact) mass is 307 g/mol. The molecular formula is C9H14BrN3O2S. The molecule has 0 spiro atoms. The predicted octanol–water partition coefficient (Wildman–Crippen LogP) is 1.21. The van der Waals surface area contributed by atoms with E-state index in [1.807, 2.05) is 0 Å². The van der Waals surface area contributed by atoms with Gasteiger partial charge in [0, 0.05) is 24.6 Å². The van der Waals surface area contributed by atoms with E-state index in [1.54, 1.807) is 4.31 Å². The fourth-order valence-corrected chi connectivity index (χ4v) is 3.89. The summed E-state index contributed by atoms with van der Waals surface area (Å²) in [4.78, 5) is 0.253. The van der Waals surface area contributed by atoms with Crippen molar-refractivity contribution in [3.8, 4) is 0 Å². The van der Waals surface area contributed by atoms with E-state index in [4.69, 9.17) is 0 Å². The van der Waals surface area contributed by atoms with Crippen molar-refractivity contribution in [3.63, 3.8) is 0 Å². The topological polar surface area (TPSA) is 66.1 Å². The summed E-state index contributed by atoms with van der Waals surface area (Å²) in [5.74, 6) is 0.412. The minimum Gasteiger partial charge on any atom is -0.284 e. The van der Waals surface area contributed by atoms with Crippen LogP contribution in [0.4, 0.5) is 0 Å². The van der Waals surface area contributed by atoms with Crippen molar-refractivity contribution >= 4 is 26.0 Å². The lowest BCUT2D eigenvalue weighted by Gasteiger charge is -2.30. The molecule has 0 radical (unpaired) electrons. The van der Waals surface area contributed by atoms with Crippen molar-refractivity contribution < 1.29 is 8.42 Å². The number of nitrogens with one attached hydrogen (secondary N) is 1. The molecule has 1 atom stereocenters. The molecule has 1 aliphatic heterocycles. The molecule has 1 fully saturated rings. The zero-order valence-electron chi connectivity index (χ0n) is 8.76. The van der Waals surface area contributed by atoms with Gasteiger partial charge in [0.05, 0.1) is 6.20 Å². The van der Waals surface area contributed by atoms with E-state index in [1.165, 1.54) is 12.4 Å². The van der Waals surface area contributed by atoms with Crippen LogP contribution in [0.5, 0.6) is 0 Å². The molecule has 0 aromatic carbocycles. The van der Waals surface area contributed by atoms with Crippen LogP contribution in [-0.4, -0.2) is 41.3 Å². The number of alkyl halides is 1. The van der Waals surface area contributed by atoms with Gasteiger partial charge < -0.3 is 0 Å². The molecule has 2 rings (SSSR count). The predicted molar refractivity (Wildman–Crippen MR) is 63.9 cm³/mol. The highest BCUT2D eigenvalue weighted by atomic mass is 79.9. The summed E-state index contributed by atoms with van der Waals surface area (Å²) >= 11 is 3.41. The highest BCUT2D eigenvalue weighted by Gasteiger charge is 2.30. The molecule has 2 heterocycles. The quantitative estimate of drug-likeness (QED) is 0.854. The minimum atomic E-state index is -3.34. The second-order valence-electron chi connectivity index (χ2n) is 3.96. The third kappa shape index (κ3) is 2.31. The lowest BCUT2D eigenvalue weighted by molar-refractivity contribution is 0.285. The highest BCUT2D eigenvalue weighted by Crippen LogP contribution is 2.23. The number of aromatic amines is 1. The first kappa shape index (κ1) is 12.1. The maximum Gasteiger partial charge on any atom is 0.246 e. The van der Waals surface area contributed by atoms with Gasteiger partial charge in [0.25, 0.3) is 0 Å². The van der Waals surface area contributed by atoms with Crippen LogP contribution in [0.2, 0.25) is 0 Å². The molecule has 1 aromatic rings. The van der Waals surface area contributed by atoms with Crippen molar-refractivity contribution in [2.24, 2.45) is 5.92 Å². The maximum absolute atomic E-state index is 12.2. The smallest absolute Gasteiger partial charge is 0.246 e. The number of halogens is 1. The molecule has 1 N–H and O–H groups in total. The molecule has 1 aromatic heterocycles. The van der Waals surface area contributed by atoms with E-state index in [9.17, 15) is 8.42 Å². The lowest BCUT2D eigenvalue weighted by atomic mass is 10.0. The molecule has 0 aliphatic carbocycles. The van der Waals surface area contributed by atoms with Crippen LogP contribution in [0, 0.1) is 5.92 Å². The second kappa shape index (κ2) is 4.85.